The summed E-state index contributed by atoms with van der Waals surface area (Å²) >= 11 is 0. The highest BCUT2D eigenvalue weighted by atomic mass is 14.4. The topological polar surface area (TPSA) is 0 Å². The Morgan fingerprint density at radius 1 is 1.50 bits per heavy atom. The van der Waals surface area contributed by atoms with Gasteiger partial charge in [0.15, 0.2) is 0 Å². The average Bonchev–Trinajstić information content (AvgIpc) is 2.61. The SMILES string of the molecule is C=C1CC(C)=CC1C1CC1. The molecule has 0 nitrogen and oxygen atoms in total. The molecular formula is C10H14. The molecular weight excluding hydrogens is 120 g/mol. The first-order valence-electron chi connectivity index (χ1n) is 4.12. The van der Waals surface area contributed by atoms with E-state index in [0.29, 0.717) is 0 Å². The van der Waals surface area contributed by atoms with Gasteiger partial charge in [-0.2, -0.15) is 0 Å². The average molecular weight is 134 g/mol. The Morgan fingerprint density at radius 2 is 2.20 bits per heavy atom. The molecule has 0 radical (unpaired) electrons. The standard InChI is InChI=1S/C10H14/c1-7-5-8(2)10(6-7)9-3-4-9/h6,9-10H,2-5H2,1H3. The van der Waals surface area contributed by atoms with Crippen LogP contribution in [0.4, 0.5) is 0 Å². The maximum atomic E-state index is 4.10. The number of allylic oxidation sites excluding steroid dienone is 3. The highest BCUT2D eigenvalue weighted by molar-refractivity contribution is 5.28. The normalized spacial score (nSPS) is 32.7. The third kappa shape index (κ3) is 0.920. The van der Waals surface area contributed by atoms with E-state index in [4.69, 9.17) is 0 Å². The van der Waals surface area contributed by atoms with Crippen molar-refractivity contribution in [2.45, 2.75) is 26.2 Å². The van der Waals surface area contributed by atoms with Crippen LogP contribution in [0.5, 0.6) is 0 Å². The first kappa shape index (κ1) is 6.21. The minimum absolute atomic E-state index is 0.764. The van der Waals surface area contributed by atoms with E-state index in [1.165, 1.54) is 30.4 Å². The van der Waals surface area contributed by atoms with Gasteiger partial charge in [-0.15, -0.1) is 0 Å². The summed E-state index contributed by atoms with van der Waals surface area (Å²) in [6, 6.07) is 0. The Kier molecular flexibility index (Phi) is 1.23. The van der Waals surface area contributed by atoms with Gasteiger partial charge in [0.2, 0.25) is 0 Å². The molecule has 0 saturated heterocycles. The minimum Gasteiger partial charge on any atom is -0.0989 e. The number of rotatable bonds is 1. The minimum atomic E-state index is 0.764. The second kappa shape index (κ2) is 1.98. The van der Waals surface area contributed by atoms with E-state index in [1.807, 2.05) is 0 Å². The molecule has 54 valence electrons. The smallest absolute Gasteiger partial charge is 0.000822 e. The lowest BCUT2D eigenvalue weighted by Gasteiger charge is -2.05. The Hall–Kier alpha value is -0.520. The highest BCUT2D eigenvalue weighted by Gasteiger charge is 2.33. The summed E-state index contributed by atoms with van der Waals surface area (Å²) in [6.07, 6.45) is 6.46. The van der Waals surface area contributed by atoms with E-state index in [1.54, 1.807) is 0 Å². The summed E-state index contributed by atoms with van der Waals surface area (Å²) in [5.74, 6) is 1.74. The van der Waals surface area contributed by atoms with E-state index < -0.39 is 0 Å². The lowest BCUT2D eigenvalue weighted by atomic mass is 9.99. The van der Waals surface area contributed by atoms with Gasteiger partial charge in [0.05, 0.1) is 0 Å². The van der Waals surface area contributed by atoms with Crippen LogP contribution >= 0.6 is 0 Å². The summed E-state index contributed by atoms with van der Waals surface area (Å²) in [4.78, 5) is 0. The van der Waals surface area contributed by atoms with Gasteiger partial charge in [-0.1, -0.05) is 23.8 Å². The molecule has 0 N–H and O–H groups in total. The van der Waals surface area contributed by atoms with Crippen molar-refractivity contribution in [1.82, 2.24) is 0 Å². The Morgan fingerprint density at radius 3 is 2.60 bits per heavy atom. The lowest BCUT2D eigenvalue weighted by Crippen LogP contribution is -1.95. The fraction of sp³-hybridized carbons (Fsp3) is 0.600. The second-order valence-electron chi connectivity index (χ2n) is 3.71. The molecule has 10 heavy (non-hydrogen) atoms. The Labute approximate surface area is 62.6 Å². The monoisotopic (exact) mass is 134 g/mol. The van der Waals surface area contributed by atoms with Crippen molar-refractivity contribution in [2.24, 2.45) is 11.8 Å². The van der Waals surface area contributed by atoms with Crippen LogP contribution in [0.1, 0.15) is 26.2 Å². The highest BCUT2D eigenvalue weighted by Crippen LogP contribution is 2.45. The van der Waals surface area contributed by atoms with Crippen LogP contribution in [0, 0.1) is 11.8 Å². The first-order valence-corrected chi connectivity index (χ1v) is 4.12. The van der Waals surface area contributed by atoms with Crippen LogP contribution < -0.4 is 0 Å². The van der Waals surface area contributed by atoms with Crippen LogP contribution in [0.15, 0.2) is 23.8 Å². The van der Waals surface area contributed by atoms with E-state index >= 15 is 0 Å². The summed E-state index contributed by atoms with van der Waals surface area (Å²) < 4.78 is 0. The maximum absolute atomic E-state index is 4.10. The van der Waals surface area contributed by atoms with Gasteiger partial charge in [-0.05, 0) is 32.1 Å². The van der Waals surface area contributed by atoms with Gasteiger partial charge in [0.1, 0.15) is 0 Å². The third-order valence-electron chi connectivity index (χ3n) is 2.57. The van der Waals surface area contributed by atoms with Crippen molar-refractivity contribution in [1.29, 1.82) is 0 Å². The van der Waals surface area contributed by atoms with Gasteiger partial charge < -0.3 is 0 Å². The van der Waals surface area contributed by atoms with Crippen molar-refractivity contribution in [3.8, 4) is 0 Å². The molecule has 2 aliphatic rings. The molecule has 1 unspecified atom stereocenters. The Bertz CT molecular complexity index is 194. The van der Waals surface area contributed by atoms with Crippen LogP contribution in [0.25, 0.3) is 0 Å². The molecule has 1 fully saturated rings. The summed E-state index contributed by atoms with van der Waals surface area (Å²) in [5.41, 5.74) is 2.99. The van der Waals surface area contributed by atoms with Crippen LogP contribution in [0.3, 0.4) is 0 Å². The molecule has 0 aromatic carbocycles. The predicted molar refractivity (Wildman–Crippen MR) is 43.7 cm³/mol. The fourth-order valence-corrected chi connectivity index (χ4v) is 1.88. The molecule has 0 bridgehead atoms. The zero-order valence-corrected chi connectivity index (χ0v) is 6.56. The molecule has 1 saturated carbocycles. The zero-order chi connectivity index (χ0) is 7.14. The van der Waals surface area contributed by atoms with Gasteiger partial charge in [0, 0.05) is 5.92 Å². The molecule has 0 aliphatic heterocycles. The first-order chi connectivity index (χ1) is 4.77. The summed E-state index contributed by atoms with van der Waals surface area (Å²) in [5, 5.41) is 0. The van der Waals surface area contributed by atoms with Gasteiger partial charge >= 0.3 is 0 Å². The van der Waals surface area contributed by atoms with E-state index in [-0.39, 0.29) is 0 Å². The maximum Gasteiger partial charge on any atom is 0.000822 e. The molecule has 0 heteroatoms. The quantitative estimate of drug-likeness (QED) is 0.484. The molecule has 0 aromatic heterocycles. The molecule has 0 spiro atoms. The molecule has 2 aliphatic carbocycles. The van der Waals surface area contributed by atoms with Crippen molar-refractivity contribution >= 4 is 0 Å². The van der Waals surface area contributed by atoms with Gasteiger partial charge in [0.25, 0.3) is 0 Å². The largest absolute Gasteiger partial charge is 0.0989 e. The van der Waals surface area contributed by atoms with Gasteiger partial charge in [-0.25, -0.2) is 0 Å². The molecule has 0 amide bonds. The van der Waals surface area contributed by atoms with Crippen LogP contribution in [-0.2, 0) is 0 Å². The van der Waals surface area contributed by atoms with E-state index in [9.17, 15) is 0 Å². The molecule has 1 atom stereocenters. The summed E-state index contributed by atoms with van der Waals surface area (Å²) in [7, 11) is 0. The van der Waals surface area contributed by atoms with Crippen molar-refractivity contribution in [3.05, 3.63) is 23.8 Å². The third-order valence-corrected chi connectivity index (χ3v) is 2.57. The second-order valence-corrected chi connectivity index (χ2v) is 3.71. The zero-order valence-electron chi connectivity index (χ0n) is 6.56. The fourth-order valence-electron chi connectivity index (χ4n) is 1.88. The lowest BCUT2D eigenvalue weighted by molar-refractivity contribution is 0.669. The predicted octanol–water partition coefficient (Wildman–Crippen LogP) is 2.92. The molecule has 0 aromatic rings. The van der Waals surface area contributed by atoms with E-state index in [0.717, 1.165) is 11.8 Å². The number of hydrogen-bond donors (Lipinski definition) is 0. The van der Waals surface area contributed by atoms with Crippen molar-refractivity contribution in [3.63, 3.8) is 0 Å². The molecule has 2 rings (SSSR count). The van der Waals surface area contributed by atoms with Crippen LogP contribution in [-0.4, -0.2) is 0 Å². The van der Waals surface area contributed by atoms with Crippen molar-refractivity contribution < 1.29 is 0 Å². The molecule has 0 heterocycles. The van der Waals surface area contributed by atoms with Crippen molar-refractivity contribution in [2.75, 3.05) is 0 Å². The van der Waals surface area contributed by atoms with E-state index in [2.05, 4.69) is 19.6 Å². The van der Waals surface area contributed by atoms with Gasteiger partial charge in [-0.3, -0.25) is 0 Å². The van der Waals surface area contributed by atoms with Crippen LogP contribution in [0.2, 0.25) is 0 Å². The summed E-state index contributed by atoms with van der Waals surface area (Å²) in [6.45, 7) is 6.31. The number of hydrogen-bond acceptors (Lipinski definition) is 0. The Balaban J connectivity index is 2.13.